The lowest BCUT2D eigenvalue weighted by molar-refractivity contribution is 0.0548. The fourth-order valence-electron chi connectivity index (χ4n) is 5.74. The summed E-state index contributed by atoms with van der Waals surface area (Å²) in [5, 5.41) is 0.755. The highest BCUT2D eigenvalue weighted by molar-refractivity contribution is 7.92. The summed E-state index contributed by atoms with van der Waals surface area (Å²) in [7, 11) is -1.62. The molecule has 0 radical (unpaired) electrons. The predicted molar refractivity (Wildman–Crippen MR) is 149 cm³/mol. The van der Waals surface area contributed by atoms with E-state index < -0.39 is 16.1 Å². The Hall–Kier alpha value is -3.83. The van der Waals surface area contributed by atoms with E-state index in [1.165, 1.54) is 6.07 Å². The highest BCUT2D eigenvalue weighted by Gasteiger charge is 2.32. The second-order valence-electron chi connectivity index (χ2n) is 10.1. The molecule has 6 rings (SSSR count). The third-order valence-electron chi connectivity index (χ3n) is 7.38. The minimum Gasteiger partial charge on any atom is -0.381 e. The number of benzene rings is 1. The van der Waals surface area contributed by atoms with Gasteiger partial charge in [0.05, 0.1) is 41.0 Å². The molecule has 1 saturated heterocycles. The third kappa shape index (κ3) is 4.65. The summed E-state index contributed by atoms with van der Waals surface area (Å²) in [6.07, 6.45) is 6.15. The van der Waals surface area contributed by atoms with E-state index in [2.05, 4.69) is 9.71 Å². The summed E-state index contributed by atoms with van der Waals surface area (Å²) in [5.74, 6) is -0.0538. The largest absolute Gasteiger partial charge is 0.381 e. The van der Waals surface area contributed by atoms with E-state index in [4.69, 9.17) is 14.7 Å². The van der Waals surface area contributed by atoms with Gasteiger partial charge in [-0.05, 0) is 49.9 Å². The molecule has 1 fully saturated rings. The minimum absolute atomic E-state index is 0.0601. The molecule has 0 amide bonds. The van der Waals surface area contributed by atoms with Crippen molar-refractivity contribution in [1.82, 2.24) is 24.1 Å². The normalized spacial score (nSPS) is 15.7. The summed E-state index contributed by atoms with van der Waals surface area (Å²) in [6.45, 7) is 3.11. The molecule has 1 aliphatic heterocycles. The number of hydrogen-bond donors (Lipinski definition) is 1. The van der Waals surface area contributed by atoms with Gasteiger partial charge in [-0.1, -0.05) is 18.2 Å². The summed E-state index contributed by atoms with van der Waals surface area (Å²) in [4.78, 5) is 14.1. The van der Waals surface area contributed by atoms with Crippen LogP contribution in [0.15, 0.2) is 55.0 Å². The Bertz CT molecular complexity index is 1790. The first-order chi connectivity index (χ1) is 18.7. The Kier molecular flexibility index (Phi) is 6.35. The first kappa shape index (κ1) is 25.4. The molecular weight excluding hydrogens is 519 g/mol. The Labute approximate surface area is 225 Å². The predicted octanol–water partition coefficient (Wildman–Crippen LogP) is 4.82. The fourth-order valence-corrected chi connectivity index (χ4v) is 6.24. The van der Waals surface area contributed by atoms with Crippen LogP contribution in [0.5, 0.6) is 0 Å². The molecular formula is C28H29FN6O3S. The van der Waals surface area contributed by atoms with Crippen molar-refractivity contribution in [3.05, 3.63) is 72.1 Å². The number of aromatic nitrogens is 5. The van der Waals surface area contributed by atoms with Crippen molar-refractivity contribution >= 4 is 37.9 Å². The number of nitrogens with one attached hydrogen (secondary N) is 1. The molecule has 39 heavy (non-hydrogen) atoms. The van der Waals surface area contributed by atoms with E-state index >= 15 is 4.39 Å². The maximum absolute atomic E-state index is 15.5. The van der Waals surface area contributed by atoms with E-state index in [0.29, 0.717) is 29.9 Å². The van der Waals surface area contributed by atoms with Crippen LogP contribution in [0, 0.1) is 18.7 Å². The van der Waals surface area contributed by atoms with Crippen molar-refractivity contribution in [2.45, 2.75) is 25.8 Å². The number of hydrogen-bond acceptors (Lipinski definition) is 6. The van der Waals surface area contributed by atoms with Crippen LogP contribution in [0.2, 0.25) is 0 Å². The molecule has 9 nitrogen and oxygen atoms in total. The number of pyridine rings is 2. The van der Waals surface area contributed by atoms with Crippen molar-refractivity contribution in [2.75, 3.05) is 24.2 Å². The van der Waals surface area contributed by atoms with E-state index in [9.17, 15) is 8.42 Å². The lowest BCUT2D eigenvalue weighted by Crippen LogP contribution is -2.27. The molecule has 1 N–H and O–H groups in total. The molecule has 5 heterocycles. The molecule has 0 unspecified atom stereocenters. The summed E-state index contributed by atoms with van der Waals surface area (Å²) >= 11 is 0. The number of imidazole rings is 1. The van der Waals surface area contributed by atoms with Gasteiger partial charge < -0.3 is 13.9 Å². The first-order valence-corrected chi connectivity index (χ1v) is 14.7. The second kappa shape index (κ2) is 9.73. The van der Waals surface area contributed by atoms with Crippen LogP contribution < -0.4 is 4.72 Å². The molecule has 0 spiro atoms. The molecule has 1 aliphatic rings. The van der Waals surface area contributed by atoms with Crippen LogP contribution in [0.1, 0.15) is 30.1 Å². The van der Waals surface area contributed by atoms with Crippen molar-refractivity contribution in [3.8, 4) is 11.3 Å². The summed E-state index contributed by atoms with van der Waals surface area (Å²) in [5.41, 5.74) is 5.25. The number of rotatable bonds is 6. The molecule has 0 saturated carbocycles. The number of fused-ring (bicyclic) bond motifs is 3. The maximum Gasteiger partial charge on any atom is 0.230 e. The molecule has 0 aliphatic carbocycles. The SMILES string of the molecule is Cc1ncn(C)c1-c1cnc2c3ccc(NS(C)(=O)=O)nc3n([C@H](c3ccccc3F)C3CCOCC3)c2c1. The molecule has 11 heteroatoms. The van der Waals surface area contributed by atoms with E-state index in [1.807, 2.05) is 53.6 Å². The highest BCUT2D eigenvalue weighted by atomic mass is 32.2. The Morgan fingerprint density at radius 2 is 1.90 bits per heavy atom. The zero-order valence-corrected chi connectivity index (χ0v) is 22.7. The van der Waals surface area contributed by atoms with Gasteiger partial charge in [-0.3, -0.25) is 9.71 Å². The van der Waals surface area contributed by atoms with Gasteiger partial charge in [0.2, 0.25) is 10.0 Å². The Morgan fingerprint density at radius 3 is 2.59 bits per heavy atom. The van der Waals surface area contributed by atoms with Crippen LogP contribution >= 0.6 is 0 Å². The van der Waals surface area contributed by atoms with Gasteiger partial charge in [0.25, 0.3) is 0 Å². The van der Waals surface area contributed by atoms with Crippen molar-refractivity contribution < 1.29 is 17.5 Å². The second-order valence-corrected chi connectivity index (χ2v) is 11.9. The Balaban J connectivity index is 1.69. The van der Waals surface area contributed by atoms with Gasteiger partial charge in [0.15, 0.2) is 0 Å². The molecule has 1 atom stereocenters. The summed E-state index contributed by atoms with van der Waals surface area (Å²) < 4.78 is 51.7. The minimum atomic E-state index is -3.56. The van der Waals surface area contributed by atoms with Gasteiger partial charge in [-0.25, -0.2) is 22.8 Å². The maximum atomic E-state index is 15.5. The van der Waals surface area contributed by atoms with Gasteiger partial charge in [0.1, 0.15) is 17.3 Å². The molecule has 202 valence electrons. The van der Waals surface area contributed by atoms with E-state index in [-0.39, 0.29) is 17.6 Å². The molecule has 5 aromatic rings. The van der Waals surface area contributed by atoms with Crippen LogP contribution in [0.25, 0.3) is 33.3 Å². The number of nitrogens with zero attached hydrogens (tertiary/aromatic N) is 5. The average Bonchev–Trinajstić information content (AvgIpc) is 3.40. The number of aryl methyl sites for hydroxylation is 2. The van der Waals surface area contributed by atoms with Gasteiger partial charge in [0, 0.05) is 43.0 Å². The van der Waals surface area contributed by atoms with Gasteiger partial charge in [-0.2, -0.15) is 0 Å². The summed E-state index contributed by atoms with van der Waals surface area (Å²) in [6, 6.07) is 11.9. The Morgan fingerprint density at radius 1 is 1.13 bits per heavy atom. The molecule has 0 bridgehead atoms. The van der Waals surface area contributed by atoms with Crippen molar-refractivity contribution in [1.29, 1.82) is 0 Å². The average molecular weight is 549 g/mol. The van der Waals surface area contributed by atoms with Crippen LogP contribution in [0.4, 0.5) is 10.2 Å². The number of halogens is 1. The standard InChI is InChI=1S/C28H29FN6O3S/c1-17-26(34(2)16-31-17)19-14-23-25(30-15-19)21-8-9-24(33-39(3,36)37)32-28(21)35(23)27(18-10-12-38-13-11-18)20-6-4-5-7-22(20)29/h4-9,14-16,18,27H,10-13H2,1-3H3,(H,32,33)/t27-/m0/s1. The smallest absolute Gasteiger partial charge is 0.230 e. The van der Waals surface area contributed by atoms with E-state index in [0.717, 1.165) is 47.0 Å². The highest BCUT2D eigenvalue weighted by Crippen LogP contribution is 2.41. The van der Waals surface area contributed by atoms with Crippen molar-refractivity contribution in [2.24, 2.45) is 13.0 Å². The first-order valence-electron chi connectivity index (χ1n) is 12.8. The molecule has 4 aromatic heterocycles. The monoisotopic (exact) mass is 548 g/mol. The lowest BCUT2D eigenvalue weighted by atomic mass is 9.86. The zero-order chi connectivity index (χ0) is 27.3. The topological polar surface area (TPSA) is 104 Å². The van der Waals surface area contributed by atoms with Gasteiger partial charge >= 0.3 is 0 Å². The van der Waals surface area contributed by atoms with Gasteiger partial charge in [-0.15, -0.1) is 0 Å². The number of ether oxygens (including phenoxy) is 1. The van der Waals surface area contributed by atoms with E-state index in [1.54, 1.807) is 18.5 Å². The number of sulfonamides is 1. The quantitative estimate of drug-likeness (QED) is 0.326. The zero-order valence-electron chi connectivity index (χ0n) is 21.9. The fraction of sp³-hybridized carbons (Fsp3) is 0.321. The van der Waals surface area contributed by atoms with Crippen LogP contribution in [0.3, 0.4) is 0 Å². The number of anilines is 1. The van der Waals surface area contributed by atoms with Crippen LogP contribution in [-0.4, -0.2) is 52.0 Å². The van der Waals surface area contributed by atoms with Crippen molar-refractivity contribution in [3.63, 3.8) is 0 Å². The third-order valence-corrected chi connectivity index (χ3v) is 7.96. The lowest BCUT2D eigenvalue weighted by Gasteiger charge is -2.33. The van der Waals surface area contributed by atoms with Crippen LogP contribution in [-0.2, 0) is 21.8 Å². The molecule has 1 aromatic carbocycles.